The van der Waals surface area contributed by atoms with E-state index in [1.165, 1.54) is 17.5 Å². The van der Waals surface area contributed by atoms with Crippen LogP contribution in [0, 0.1) is 16.0 Å². The molecule has 0 amide bonds. The zero-order valence-electron chi connectivity index (χ0n) is 14.1. The monoisotopic (exact) mass is 447 g/mol. The third-order valence-corrected chi connectivity index (χ3v) is 5.51. The number of carbonyl (C=O) groups is 1. The van der Waals surface area contributed by atoms with Crippen molar-refractivity contribution in [1.29, 1.82) is 0 Å². The standard InChI is InChI=1S/C16H12F3N3O5S2/c17-16(18,19)15(25)11(13(24)10-2-1-5-29-10)12(20-14(28)21-15)7-3-4-9(23)8(6-7)22(26)27/h1-6,11-12,23,25H,(H2,20,21,28)/t11-,12+,15-/m0/s1. The zero-order valence-corrected chi connectivity index (χ0v) is 15.8. The lowest BCUT2D eigenvalue weighted by Crippen LogP contribution is -2.72. The Labute approximate surface area is 170 Å². The van der Waals surface area contributed by atoms with Crippen molar-refractivity contribution >= 4 is 40.1 Å². The zero-order chi connectivity index (χ0) is 21.6. The van der Waals surface area contributed by atoms with Crippen molar-refractivity contribution in [2.75, 3.05) is 0 Å². The first-order valence-corrected chi connectivity index (χ1v) is 9.17. The number of benzene rings is 1. The van der Waals surface area contributed by atoms with Gasteiger partial charge in [0.1, 0.15) is 5.92 Å². The van der Waals surface area contributed by atoms with Gasteiger partial charge in [-0.15, -0.1) is 11.3 Å². The molecule has 0 radical (unpaired) electrons. The van der Waals surface area contributed by atoms with Gasteiger partial charge in [0.05, 0.1) is 15.8 Å². The van der Waals surface area contributed by atoms with E-state index in [-0.39, 0.29) is 10.4 Å². The molecule has 3 atom stereocenters. The summed E-state index contributed by atoms with van der Waals surface area (Å²) in [6.07, 6.45) is -5.31. The molecule has 1 aliphatic heterocycles. The van der Waals surface area contributed by atoms with Gasteiger partial charge in [0, 0.05) is 6.07 Å². The van der Waals surface area contributed by atoms with Crippen molar-refractivity contribution in [3.63, 3.8) is 0 Å². The fraction of sp³-hybridized carbons (Fsp3) is 0.250. The maximum atomic E-state index is 13.8. The van der Waals surface area contributed by atoms with Gasteiger partial charge in [-0.2, -0.15) is 13.2 Å². The number of hydrogen-bond donors (Lipinski definition) is 4. The molecule has 29 heavy (non-hydrogen) atoms. The average Bonchev–Trinajstić information content (AvgIpc) is 3.14. The Kier molecular flexibility index (Phi) is 5.23. The van der Waals surface area contributed by atoms with Gasteiger partial charge in [0.15, 0.2) is 16.6 Å². The van der Waals surface area contributed by atoms with Crippen LogP contribution in [0.3, 0.4) is 0 Å². The first-order valence-electron chi connectivity index (χ1n) is 7.88. The summed E-state index contributed by atoms with van der Waals surface area (Å²) < 4.78 is 41.4. The fourth-order valence-corrected chi connectivity index (χ4v) is 4.06. The van der Waals surface area contributed by atoms with Crippen molar-refractivity contribution in [2.24, 2.45) is 5.92 Å². The van der Waals surface area contributed by atoms with Crippen LogP contribution in [-0.2, 0) is 0 Å². The summed E-state index contributed by atoms with van der Waals surface area (Å²) >= 11 is 5.66. The summed E-state index contributed by atoms with van der Waals surface area (Å²) in [6.45, 7) is 0. The van der Waals surface area contributed by atoms with Crippen LogP contribution < -0.4 is 10.6 Å². The molecule has 0 spiro atoms. The van der Waals surface area contributed by atoms with Crippen LogP contribution in [0.2, 0.25) is 0 Å². The summed E-state index contributed by atoms with van der Waals surface area (Å²) in [5.74, 6) is -3.91. The third-order valence-electron chi connectivity index (χ3n) is 4.41. The fourth-order valence-electron chi connectivity index (χ4n) is 3.07. The molecular weight excluding hydrogens is 435 g/mol. The van der Waals surface area contributed by atoms with E-state index >= 15 is 0 Å². The first-order chi connectivity index (χ1) is 13.5. The van der Waals surface area contributed by atoms with E-state index < -0.39 is 51.1 Å². The van der Waals surface area contributed by atoms with Crippen molar-refractivity contribution in [1.82, 2.24) is 10.6 Å². The van der Waals surface area contributed by atoms with Gasteiger partial charge in [-0.05, 0) is 35.3 Å². The summed E-state index contributed by atoms with van der Waals surface area (Å²) in [5, 5.41) is 36.3. The lowest BCUT2D eigenvalue weighted by Gasteiger charge is -2.46. The molecule has 4 N–H and O–H groups in total. The van der Waals surface area contributed by atoms with Gasteiger partial charge in [-0.1, -0.05) is 12.1 Å². The van der Waals surface area contributed by atoms with Crippen LogP contribution in [0.5, 0.6) is 5.75 Å². The van der Waals surface area contributed by atoms with Gasteiger partial charge < -0.3 is 20.8 Å². The lowest BCUT2D eigenvalue weighted by molar-refractivity contribution is -0.386. The predicted octanol–water partition coefficient (Wildman–Crippen LogP) is 2.63. The maximum absolute atomic E-state index is 13.8. The van der Waals surface area contributed by atoms with Crippen molar-refractivity contribution in [3.05, 3.63) is 56.3 Å². The van der Waals surface area contributed by atoms with E-state index in [2.05, 4.69) is 5.32 Å². The molecule has 2 aromatic rings. The lowest BCUT2D eigenvalue weighted by atomic mass is 9.78. The number of rotatable bonds is 4. The van der Waals surface area contributed by atoms with E-state index in [1.54, 1.807) is 5.32 Å². The number of nitrogens with zero attached hydrogens (tertiary/aromatic N) is 1. The van der Waals surface area contributed by atoms with E-state index in [4.69, 9.17) is 12.2 Å². The topological polar surface area (TPSA) is 125 Å². The molecule has 3 rings (SSSR count). The third kappa shape index (κ3) is 3.63. The highest BCUT2D eigenvalue weighted by Gasteiger charge is 2.66. The number of ketones is 1. The smallest absolute Gasteiger partial charge is 0.437 e. The van der Waals surface area contributed by atoms with Gasteiger partial charge >= 0.3 is 11.9 Å². The average molecular weight is 447 g/mol. The Morgan fingerprint density at radius 2 is 2.03 bits per heavy atom. The van der Waals surface area contributed by atoms with E-state index in [9.17, 15) is 38.3 Å². The number of nitro benzene ring substituents is 1. The molecule has 0 aliphatic carbocycles. The number of aliphatic hydroxyl groups is 1. The van der Waals surface area contributed by atoms with E-state index in [1.807, 2.05) is 0 Å². The minimum absolute atomic E-state index is 0.0487. The molecular formula is C16H12F3N3O5S2. The molecule has 1 aromatic heterocycles. The summed E-state index contributed by atoms with van der Waals surface area (Å²) in [7, 11) is 0. The Morgan fingerprint density at radius 1 is 1.34 bits per heavy atom. The van der Waals surface area contributed by atoms with Crippen LogP contribution in [0.4, 0.5) is 18.9 Å². The number of phenols is 1. The van der Waals surface area contributed by atoms with Gasteiger partial charge in [0.2, 0.25) is 5.72 Å². The molecule has 1 fully saturated rings. The van der Waals surface area contributed by atoms with E-state index in [0.717, 1.165) is 29.5 Å². The molecule has 13 heteroatoms. The summed E-state index contributed by atoms with van der Waals surface area (Å²) in [6, 6.07) is 4.04. The molecule has 2 heterocycles. The Bertz CT molecular complexity index is 983. The normalized spacial score (nSPS) is 24.5. The highest BCUT2D eigenvalue weighted by molar-refractivity contribution is 7.80. The Hall–Kier alpha value is -2.77. The number of nitro groups is 1. The van der Waals surface area contributed by atoms with E-state index in [0.29, 0.717) is 0 Å². The number of thiophene rings is 1. The molecule has 1 aromatic carbocycles. The number of thiocarbonyl (C=S) groups is 1. The molecule has 1 aliphatic rings. The number of halogens is 3. The van der Waals surface area contributed by atoms with Crippen LogP contribution in [0.25, 0.3) is 0 Å². The molecule has 0 bridgehead atoms. The minimum atomic E-state index is -5.31. The second-order valence-electron chi connectivity index (χ2n) is 6.16. The number of Topliss-reactive ketones (excluding diaryl/α,β-unsaturated/α-hetero) is 1. The summed E-state index contributed by atoms with van der Waals surface area (Å²) in [4.78, 5) is 23.1. The maximum Gasteiger partial charge on any atom is 0.437 e. The van der Waals surface area contributed by atoms with Gasteiger partial charge in [0.25, 0.3) is 0 Å². The largest absolute Gasteiger partial charge is 0.502 e. The molecule has 0 unspecified atom stereocenters. The number of nitrogens with one attached hydrogen (secondary N) is 2. The number of alkyl halides is 3. The van der Waals surface area contributed by atoms with Crippen molar-refractivity contribution < 1.29 is 33.1 Å². The van der Waals surface area contributed by atoms with Gasteiger partial charge in [-0.25, -0.2) is 0 Å². The van der Waals surface area contributed by atoms with Crippen molar-refractivity contribution in [3.8, 4) is 5.75 Å². The molecule has 1 saturated heterocycles. The molecule has 154 valence electrons. The second-order valence-corrected chi connectivity index (χ2v) is 7.52. The second kappa shape index (κ2) is 7.24. The highest BCUT2D eigenvalue weighted by atomic mass is 32.1. The quantitative estimate of drug-likeness (QED) is 0.244. The SMILES string of the molecule is O=C(c1cccs1)[C@@H]1[C@@H](c2ccc(O)c([N+](=O)[O-])c2)NC(=S)N[C@@]1(O)C(F)(F)F. The first kappa shape index (κ1) is 21.0. The van der Waals surface area contributed by atoms with Crippen molar-refractivity contribution in [2.45, 2.75) is 17.9 Å². The van der Waals surface area contributed by atoms with Gasteiger partial charge in [-0.3, -0.25) is 14.9 Å². The molecule has 8 nitrogen and oxygen atoms in total. The minimum Gasteiger partial charge on any atom is -0.502 e. The van der Waals surface area contributed by atoms with Crippen LogP contribution in [-0.4, -0.2) is 37.9 Å². The summed E-state index contributed by atoms with van der Waals surface area (Å²) in [5.41, 5.74) is -4.64. The Balaban J connectivity index is 2.19. The predicted molar refractivity (Wildman–Crippen MR) is 99.5 cm³/mol. The van der Waals surface area contributed by atoms with Crippen LogP contribution >= 0.6 is 23.6 Å². The number of phenolic OH excluding ortho intramolecular Hbond substituents is 1. The molecule has 0 saturated carbocycles. The Morgan fingerprint density at radius 3 is 2.59 bits per heavy atom. The van der Waals surface area contributed by atoms with Crippen LogP contribution in [0.1, 0.15) is 21.3 Å². The highest BCUT2D eigenvalue weighted by Crippen LogP contribution is 2.45. The van der Waals surface area contributed by atoms with Crippen LogP contribution in [0.15, 0.2) is 35.7 Å². The number of carbonyl (C=O) groups excluding carboxylic acids is 1. The number of hydrogen-bond acceptors (Lipinski definition) is 7. The number of aromatic hydroxyl groups is 1.